The first kappa shape index (κ1) is 13.9. The van der Waals surface area contributed by atoms with Crippen LogP contribution in [0.5, 0.6) is 17.2 Å². The summed E-state index contributed by atoms with van der Waals surface area (Å²) < 4.78 is 11.1. The molecule has 0 spiro atoms. The first-order chi connectivity index (χ1) is 10.8. The van der Waals surface area contributed by atoms with E-state index >= 15 is 0 Å². The summed E-state index contributed by atoms with van der Waals surface area (Å²) in [6.45, 7) is 0. The van der Waals surface area contributed by atoms with Gasteiger partial charge in [0.25, 0.3) is 0 Å². The van der Waals surface area contributed by atoms with Crippen molar-refractivity contribution >= 4 is 5.97 Å². The van der Waals surface area contributed by atoms with Crippen molar-refractivity contribution in [1.29, 1.82) is 0 Å². The van der Waals surface area contributed by atoms with E-state index in [1.54, 1.807) is 42.5 Å². The van der Waals surface area contributed by atoms with Crippen molar-refractivity contribution in [3.63, 3.8) is 0 Å². The molecule has 108 valence electrons. The van der Waals surface area contributed by atoms with Crippen LogP contribution in [-0.4, -0.2) is 5.97 Å². The van der Waals surface area contributed by atoms with Crippen LogP contribution < -0.4 is 9.47 Å². The van der Waals surface area contributed by atoms with Crippen LogP contribution in [0.1, 0.15) is 10.4 Å². The van der Waals surface area contributed by atoms with Crippen molar-refractivity contribution in [2.24, 2.45) is 0 Å². The van der Waals surface area contributed by atoms with Crippen LogP contribution in [0.3, 0.4) is 0 Å². The molecule has 3 nitrogen and oxygen atoms in total. The van der Waals surface area contributed by atoms with E-state index < -0.39 is 5.97 Å². The molecule has 0 aliphatic carbocycles. The Bertz CT molecular complexity index is 752. The van der Waals surface area contributed by atoms with Gasteiger partial charge in [-0.25, -0.2) is 4.79 Å². The molecule has 0 aliphatic heterocycles. The van der Waals surface area contributed by atoms with Gasteiger partial charge in [-0.05, 0) is 36.4 Å². The Morgan fingerprint density at radius 2 is 1.23 bits per heavy atom. The van der Waals surface area contributed by atoms with E-state index in [0.29, 0.717) is 17.1 Å². The summed E-state index contributed by atoms with van der Waals surface area (Å²) in [5.74, 6) is 1.40. The van der Waals surface area contributed by atoms with E-state index in [-0.39, 0.29) is 0 Å². The molecule has 0 aromatic heterocycles. The first-order valence-electron chi connectivity index (χ1n) is 6.91. The lowest BCUT2D eigenvalue weighted by Gasteiger charge is -2.08. The normalized spacial score (nSPS) is 10.0. The van der Waals surface area contributed by atoms with Gasteiger partial charge in [0.05, 0.1) is 5.56 Å². The third kappa shape index (κ3) is 3.52. The molecule has 3 aromatic carbocycles. The maximum absolute atomic E-state index is 12.0. The summed E-state index contributed by atoms with van der Waals surface area (Å²) >= 11 is 0. The van der Waals surface area contributed by atoms with Gasteiger partial charge in [0.2, 0.25) is 0 Å². The zero-order chi connectivity index (χ0) is 15.2. The molecular formula is C19H14O3. The second-order valence-corrected chi connectivity index (χ2v) is 4.65. The van der Waals surface area contributed by atoms with Gasteiger partial charge >= 0.3 is 5.97 Å². The zero-order valence-electron chi connectivity index (χ0n) is 11.8. The van der Waals surface area contributed by atoms with Crippen molar-refractivity contribution in [1.82, 2.24) is 0 Å². The van der Waals surface area contributed by atoms with Gasteiger partial charge in [0.1, 0.15) is 17.2 Å². The average Bonchev–Trinajstić information content (AvgIpc) is 2.57. The Kier molecular flexibility index (Phi) is 4.16. The molecule has 0 atom stereocenters. The number of benzene rings is 3. The second-order valence-electron chi connectivity index (χ2n) is 4.65. The average molecular weight is 290 g/mol. The van der Waals surface area contributed by atoms with Crippen molar-refractivity contribution in [3.05, 3.63) is 90.5 Å². The molecule has 0 amide bonds. The highest BCUT2D eigenvalue weighted by molar-refractivity contribution is 5.90. The number of ether oxygens (including phenoxy) is 2. The highest BCUT2D eigenvalue weighted by Crippen LogP contribution is 2.25. The lowest BCUT2D eigenvalue weighted by Crippen LogP contribution is -2.08. The molecule has 0 saturated carbocycles. The standard InChI is InChI=1S/C19H14O3/c20-19(15-8-3-1-4-9-15)22-18-13-7-12-17(14-18)21-16-10-5-2-6-11-16/h1-14H. The number of rotatable bonds is 4. The number of para-hydroxylation sites is 1. The van der Waals surface area contributed by atoms with Crippen molar-refractivity contribution in [2.75, 3.05) is 0 Å². The molecule has 0 saturated heterocycles. The minimum atomic E-state index is -0.391. The second kappa shape index (κ2) is 6.59. The topological polar surface area (TPSA) is 35.5 Å². The molecule has 3 aromatic rings. The van der Waals surface area contributed by atoms with Crippen LogP contribution in [0, 0.1) is 0 Å². The number of hydrogen-bond acceptors (Lipinski definition) is 3. The van der Waals surface area contributed by atoms with E-state index in [4.69, 9.17) is 9.47 Å². The molecule has 0 radical (unpaired) electrons. The van der Waals surface area contributed by atoms with Crippen LogP contribution in [0.2, 0.25) is 0 Å². The van der Waals surface area contributed by atoms with Crippen LogP contribution in [0.15, 0.2) is 84.9 Å². The predicted octanol–water partition coefficient (Wildman–Crippen LogP) is 4.70. The molecule has 0 aliphatic rings. The van der Waals surface area contributed by atoms with Gasteiger partial charge < -0.3 is 9.47 Å². The highest BCUT2D eigenvalue weighted by Gasteiger charge is 2.08. The third-order valence-corrected chi connectivity index (χ3v) is 3.00. The van der Waals surface area contributed by atoms with E-state index in [0.717, 1.165) is 5.75 Å². The van der Waals surface area contributed by atoms with Crippen molar-refractivity contribution in [2.45, 2.75) is 0 Å². The fraction of sp³-hybridized carbons (Fsp3) is 0. The monoisotopic (exact) mass is 290 g/mol. The minimum Gasteiger partial charge on any atom is -0.457 e. The van der Waals surface area contributed by atoms with E-state index in [1.807, 2.05) is 42.5 Å². The van der Waals surface area contributed by atoms with Gasteiger partial charge in [-0.2, -0.15) is 0 Å². The van der Waals surface area contributed by atoms with Crippen LogP contribution in [-0.2, 0) is 0 Å². The van der Waals surface area contributed by atoms with Gasteiger partial charge in [-0.1, -0.05) is 42.5 Å². The molecule has 0 bridgehead atoms. The maximum atomic E-state index is 12.0. The summed E-state index contributed by atoms with van der Waals surface area (Å²) in [6, 6.07) is 25.3. The van der Waals surface area contributed by atoms with Gasteiger partial charge in [-0.3, -0.25) is 0 Å². The summed E-state index contributed by atoms with van der Waals surface area (Å²) in [5.41, 5.74) is 0.511. The van der Waals surface area contributed by atoms with E-state index in [2.05, 4.69) is 0 Å². The zero-order valence-corrected chi connectivity index (χ0v) is 11.8. The van der Waals surface area contributed by atoms with Crippen LogP contribution >= 0.6 is 0 Å². The molecule has 0 heterocycles. The van der Waals surface area contributed by atoms with Crippen molar-refractivity contribution < 1.29 is 14.3 Å². The number of esters is 1. The Balaban J connectivity index is 1.73. The Labute approximate surface area is 128 Å². The summed E-state index contributed by atoms with van der Waals surface area (Å²) in [4.78, 5) is 12.0. The Morgan fingerprint density at radius 1 is 0.636 bits per heavy atom. The van der Waals surface area contributed by atoms with Crippen LogP contribution in [0.4, 0.5) is 0 Å². The summed E-state index contributed by atoms with van der Waals surface area (Å²) in [6.07, 6.45) is 0. The van der Waals surface area contributed by atoms with E-state index in [9.17, 15) is 4.79 Å². The molecule has 0 N–H and O–H groups in total. The largest absolute Gasteiger partial charge is 0.457 e. The minimum absolute atomic E-state index is 0.391. The molecule has 22 heavy (non-hydrogen) atoms. The Hall–Kier alpha value is -3.07. The SMILES string of the molecule is O=C(Oc1cccc(Oc2ccccc2)c1)c1ccccc1. The quantitative estimate of drug-likeness (QED) is 0.516. The predicted molar refractivity (Wildman–Crippen MR) is 84.4 cm³/mol. The molecular weight excluding hydrogens is 276 g/mol. The van der Waals surface area contributed by atoms with Gasteiger partial charge in [0.15, 0.2) is 0 Å². The molecule has 3 heteroatoms. The van der Waals surface area contributed by atoms with Gasteiger partial charge in [0, 0.05) is 6.07 Å². The fourth-order valence-electron chi connectivity index (χ4n) is 1.97. The van der Waals surface area contributed by atoms with Gasteiger partial charge in [-0.15, -0.1) is 0 Å². The lowest BCUT2D eigenvalue weighted by molar-refractivity contribution is 0.0734. The molecule has 0 unspecified atom stereocenters. The lowest BCUT2D eigenvalue weighted by atomic mass is 10.2. The number of carbonyl (C=O) groups is 1. The molecule has 3 rings (SSSR count). The third-order valence-electron chi connectivity index (χ3n) is 3.00. The van der Waals surface area contributed by atoms with E-state index in [1.165, 1.54) is 0 Å². The maximum Gasteiger partial charge on any atom is 0.343 e. The first-order valence-corrected chi connectivity index (χ1v) is 6.91. The van der Waals surface area contributed by atoms with Crippen molar-refractivity contribution in [3.8, 4) is 17.2 Å². The summed E-state index contributed by atoms with van der Waals surface area (Å²) in [7, 11) is 0. The molecule has 0 fully saturated rings. The highest BCUT2D eigenvalue weighted by atomic mass is 16.5. The smallest absolute Gasteiger partial charge is 0.343 e. The number of carbonyl (C=O) groups excluding carboxylic acids is 1. The fourth-order valence-corrected chi connectivity index (χ4v) is 1.97. The summed E-state index contributed by atoms with van der Waals surface area (Å²) in [5, 5.41) is 0. The Morgan fingerprint density at radius 3 is 1.95 bits per heavy atom. The number of hydrogen-bond donors (Lipinski definition) is 0. The van der Waals surface area contributed by atoms with Crippen LogP contribution in [0.25, 0.3) is 0 Å².